The molecule has 6 nitrogen and oxygen atoms in total. The van der Waals surface area contributed by atoms with E-state index in [4.69, 9.17) is 0 Å². The van der Waals surface area contributed by atoms with Crippen LogP contribution in [-0.4, -0.2) is 39.3 Å². The zero-order chi connectivity index (χ0) is 17.8. The summed E-state index contributed by atoms with van der Waals surface area (Å²) in [6.07, 6.45) is 0. The van der Waals surface area contributed by atoms with E-state index in [9.17, 15) is 14.7 Å². The van der Waals surface area contributed by atoms with Crippen LogP contribution < -0.4 is 5.56 Å². The van der Waals surface area contributed by atoms with Crippen LogP contribution in [0.2, 0.25) is 0 Å². The zero-order valence-electron chi connectivity index (χ0n) is 13.9. The van der Waals surface area contributed by atoms with Crippen molar-refractivity contribution in [1.82, 2.24) is 15.1 Å². The summed E-state index contributed by atoms with van der Waals surface area (Å²) in [7, 11) is 0. The van der Waals surface area contributed by atoms with Gasteiger partial charge in [0, 0.05) is 18.5 Å². The van der Waals surface area contributed by atoms with Gasteiger partial charge >= 0.3 is 0 Å². The molecule has 0 aliphatic heterocycles. The summed E-state index contributed by atoms with van der Waals surface area (Å²) >= 11 is 0. The third-order valence-corrected chi connectivity index (χ3v) is 4.18. The van der Waals surface area contributed by atoms with Crippen molar-refractivity contribution in [3.63, 3.8) is 0 Å². The van der Waals surface area contributed by atoms with E-state index in [0.29, 0.717) is 17.3 Å². The number of aromatic nitrogens is 2. The van der Waals surface area contributed by atoms with E-state index >= 15 is 0 Å². The van der Waals surface area contributed by atoms with Crippen molar-refractivity contribution in [3.8, 4) is 0 Å². The molecule has 0 spiro atoms. The standard InChI is InChI=1S/C19H19N3O3/c1-13-6-2-3-7-14(13)12-22(10-11-23)19(25)17-15-8-4-5-9-16(15)18(24)21-20-17/h2-9,23H,10-12H2,1H3,(H,21,24). The summed E-state index contributed by atoms with van der Waals surface area (Å²) in [5.74, 6) is -0.329. The van der Waals surface area contributed by atoms with Crippen molar-refractivity contribution >= 4 is 16.7 Å². The normalized spacial score (nSPS) is 10.8. The molecule has 0 saturated carbocycles. The number of nitrogens with one attached hydrogen (secondary N) is 1. The number of aliphatic hydroxyl groups excluding tert-OH is 1. The molecular formula is C19H19N3O3. The van der Waals surface area contributed by atoms with Gasteiger partial charge in [-0.2, -0.15) is 5.10 Å². The molecule has 3 rings (SSSR count). The highest BCUT2D eigenvalue weighted by Gasteiger charge is 2.21. The van der Waals surface area contributed by atoms with Crippen molar-refractivity contribution in [2.45, 2.75) is 13.5 Å². The third kappa shape index (κ3) is 3.44. The van der Waals surface area contributed by atoms with Gasteiger partial charge in [-0.25, -0.2) is 5.10 Å². The highest BCUT2D eigenvalue weighted by Crippen LogP contribution is 2.17. The van der Waals surface area contributed by atoms with E-state index < -0.39 is 0 Å². The number of fused-ring (bicyclic) bond motifs is 1. The van der Waals surface area contributed by atoms with E-state index in [2.05, 4.69) is 10.2 Å². The van der Waals surface area contributed by atoms with Crippen molar-refractivity contribution in [2.24, 2.45) is 0 Å². The second-order valence-electron chi connectivity index (χ2n) is 5.82. The lowest BCUT2D eigenvalue weighted by Crippen LogP contribution is -2.34. The zero-order valence-corrected chi connectivity index (χ0v) is 13.9. The first-order valence-electron chi connectivity index (χ1n) is 8.04. The van der Waals surface area contributed by atoms with Gasteiger partial charge in [0.1, 0.15) is 0 Å². The number of aryl methyl sites for hydroxylation is 1. The maximum Gasteiger partial charge on any atom is 0.275 e. The highest BCUT2D eigenvalue weighted by atomic mass is 16.3. The minimum absolute atomic E-state index is 0.154. The maximum atomic E-state index is 13.0. The van der Waals surface area contributed by atoms with Gasteiger partial charge in [-0.05, 0) is 24.1 Å². The van der Waals surface area contributed by atoms with Crippen LogP contribution in [0.1, 0.15) is 21.6 Å². The van der Waals surface area contributed by atoms with E-state index in [0.717, 1.165) is 11.1 Å². The Morgan fingerprint density at radius 2 is 1.80 bits per heavy atom. The van der Waals surface area contributed by atoms with Gasteiger partial charge < -0.3 is 10.0 Å². The molecule has 128 valence electrons. The Hall–Kier alpha value is -2.99. The minimum atomic E-state index is -0.334. The molecule has 6 heteroatoms. The van der Waals surface area contributed by atoms with Gasteiger partial charge in [0.05, 0.1) is 12.0 Å². The Kier molecular flexibility index (Phi) is 4.90. The molecule has 25 heavy (non-hydrogen) atoms. The van der Waals surface area contributed by atoms with Gasteiger partial charge in [0.15, 0.2) is 5.69 Å². The number of aromatic amines is 1. The van der Waals surface area contributed by atoms with Crippen LogP contribution in [0.25, 0.3) is 10.8 Å². The van der Waals surface area contributed by atoms with E-state index in [1.165, 1.54) is 4.90 Å². The first-order chi connectivity index (χ1) is 12.1. The number of amides is 1. The lowest BCUT2D eigenvalue weighted by Gasteiger charge is -2.22. The Balaban J connectivity index is 2.00. The Morgan fingerprint density at radius 1 is 1.12 bits per heavy atom. The molecule has 0 saturated heterocycles. The summed E-state index contributed by atoms with van der Waals surface area (Å²) in [5.41, 5.74) is 1.91. The predicted molar refractivity (Wildman–Crippen MR) is 95.4 cm³/mol. The number of benzene rings is 2. The Bertz CT molecular complexity index is 965. The van der Waals surface area contributed by atoms with Crippen molar-refractivity contribution in [1.29, 1.82) is 0 Å². The summed E-state index contributed by atoms with van der Waals surface area (Å²) < 4.78 is 0. The lowest BCUT2D eigenvalue weighted by molar-refractivity contribution is 0.0702. The largest absolute Gasteiger partial charge is 0.395 e. The van der Waals surface area contributed by atoms with Crippen molar-refractivity contribution in [3.05, 3.63) is 75.7 Å². The number of H-pyrrole nitrogens is 1. The van der Waals surface area contributed by atoms with Crippen LogP contribution in [0, 0.1) is 6.92 Å². The summed E-state index contributed by atoms with van der Waals surface area (Å²) in [6, 6.07) is 14.6. The number of nitrogens with zero attached hydrogens (tertiary/aromatic N) is 2. The van der Waals surface area contributed by atoms with Crippen LogP contribution in [0.3, 0.4) is 0 Å². The number of aliphatic hydroxyl groups is 1. The second-order valence-corrected chi connectivity index (χ2v) is 5.82. The molecule has 0 bridgehead atoms. The van der Waals surface area contributed by atoms with E-state index in [1.54, 1.807) is 24.3 Å². The molecular weight excluding hydrogens is 318 g/mol. The number of carbonyl (C=O) groups is 1. The van der Waals surface area contributed by atoms with Crippen LogP contribution in [0.4, 0.5) is 0 Å². The molecule has 3 aromatic rings. The van der Waals surface area contributed by atoms with Crippen LogP contribution in [0.5, 0.6) is 0 Å². The highest BCUT2D eigenvalue weighted by molar-refractivity contribution is 6.04. The van der Waals surface area contributed by atoms with Gasteiger partial charge in [-0.1, -0.05) is 42.5 Å². The first kappa shape index (κ1) is 16.9. The quantitative estimate of drug-likeness (QED) is 0.744. The number of hydrogen-bond acceptors (Lipinski definition) is 4. The van der Waals surface area contributed by atoms with Gasteiger partial charge in [0.25, 0.3) is 11.5 Å². The van der Waals surface area contributed by atoms with Gasteiger partial charge in [-0.15, -0.1) is 0 Å². The summed E-state index contributed by atoms with van der Waals surface area (Å²) in [6.45, 7) is 2.37. The SMILES string of the molecule is Cc1ccccc1CN(CCO)C(=O)c1n[nH]c(=O)c2ccccc12. The number of carbonyl (C=O) groups excluding carboxylic acids is 1. The maximum absolute atomic E-state index is 13.0. The summed E-state index contributed by atoms with van der Waals surface area (Å²) in [4.78, 5) is 26.4. The Morgan fingerprint density at radius 3 is 2.52 bits per heavy atom. The van der Waals surface area contributed by atoms with Gasteiger partial charge in [0.2, 0.25) is 0 Å². The molecule has 0 radical (unpaired) electrons. The first-order valence-corrected chi connectivity index (χ1v) is 8.04. The smallest absolute Gasteiger partial charge is 0.275 e. The van der Waals surface area contributed by atoms with Crippen LogP contribution >= 0.6 is 0 Å². The number of rotatable bonds is 5. The van der Waals surface area contributed by atoms with Crippen molar-refractivity contribution < 1.29 is 9.90 Å². The monoisotopic (exact) mass is 337 g/mol. The Labute approximate surface area is 144 Å². The lowest BCUT2D eigenvalue weighted by atomic mass is 10.1. The fraction of sp³-hybridized carbons (Fsp3) is 0.211. The molecule has 0 aliphatic rings. The van der Waals surface area contributed by atoms with E-state index in [-0.39, 0.29) is 30.3 Å². The van der Waals surface area contributed by atoms with Crippen LogP contribution in [-0.2, 0) is 6.54 Å². The van der Waals surface area contributed by atoms with E-state index in [1.807, 2.05) is 31.2 Å². The number of hydrogen-bond donors (Lipinski definition) is 2. The average Bonchev–Trinajstić information content (AvgIpc) is 2.63. The summed E-state index contributed by atoms with van der Waals surface area (Å²) in [5, 5.41) is 16.6. The second kappa shape index (κ2) is 7.27. The fourth-order valence-electron chi connectivity index (χ4n) is 2.79. The average molecular weight is 337 g/mol. The molecule has 1 heterocycles. The molecule has 0 unspecified atom stereocenters. The molecule has 2 N–H and O–H groups in total. The molecule has 0 fully saturated rings. The molecule has 1 aromatic heterocycles. The molecule has 0 aliphatic carbocycles. The predicted octanol–water partition coefficient (Wildman–Crippen LogP) is 1.87. The molecule has 0 atom stereocenters. The minimum Gasteiger partial charge on any atom is -0.395 e. The third-order valence-electron chi connectivity index (χ3n) is 4.18. The fourth-order valence-corrected chi connectivity index (χ4v) is 2.79. The molecule has 1 amide bonds. The topological polar surface area (TPSA) is 86.3 Å². The van der Waals surface area contributed by atoms with Crippen LogP contribution in [0.15, 0.2) is 53.3 Å². The van der Waals surface area contributed by atoms with Gasteiger partial charge in [-0.3, -0.25) is 9.59 Å². The van der Waals surface area contributed by atoms with Crippen molar-refractivity contribution in [2.75, 3.05) is 13.2 Å². The molecule has 2 aromatic carbocycles.